The Morgan fingerprint density at radius 1 is 0.529 bits per heavy atom. The van der Waals surface area contributed by atoms with E-state index in [0.29, 0.717) is 12.8 Å². The summed E-state index contributed by atoms with van der Waals surface area (Å²) >= 11 is 0. The molecular weight excluding hydrogens is 683 g/mol. The van der Waals surface area contributed by atoms with Crippen molar-refractivity contribution in [3.8, 4) is 0 Å². The van der Waals surface area contributed by atoms with Gasteiger partial charge in [-0.15, -0.1) is 0 Å². The maximum Gasteiger partial charge on any atom is 0.472 e. The van der Waals surface area contributed by atoms with Crippen LogP contribution < -0.4 is 0 Å². The minimum atomic E-state index is -5.10. The van der Waals surface area contributed by atoms with Gasteiger partial charge in [0.05, 0.1) is 6.61 Å². The first-order chi connectivity index (χ1) is 24.4. The van der Waals surface area contributed by atoms with Crippen LogP contribution in [0.2, 0.25) is 0 Å². The Morgan fingerprint density at radius 3 is 1.29 bits per heavy atom. The molecule has 1 saturated carbocycles. The number of aliphatic hydroxyl groups is 5. The van der Waals surface area contributed by atoms with E-state index in [9.17, 15) is 44.6 Å². The Kier molecular flexibility index (Phi) is 27.4. The monoisotopic (exact) mass is 754 g/mol. The molecule has 6 unspecified atom stereocenters. The minimum absolute atomic E-state index is 0.104. The predicted molar refractivity (Wildman–Crippen MR) is 194 cm³/mol. The maximum atomic E-state index is 12.7. The van der Waals surface area contributed by atoms with Crippen molar-refractivity contribution in [1.82, 2.24) is 0 Å². The van der Waals surface area contributed by atoms with Crippen LogP contribution in [0.25, 0.3) is 0 Å². The van der Waals surface area contributed by atoms with E-state index in [0.717, 1.165) is 51.4 Å². The maximum absolute atomic E-state index is 12.7. The van der Waals surface area contributed by atoms with Gasteiger partial charge in [0.25, 0.3) is 0 Å². The van der Waals surface area contributed by atoms with E-state index in [-0.39, 0.29) is 12.8 Å². The van der Waals surface area contributed by atoms with E-state index < -0.39 is 75.7 Å². The van der Waals surface area contributed by atoms with E-state index in [2.05, 4.69) is 13.8 Å². The van der Waals surface area contributed by atoms with Gasteiger partial charge in [0.2, 0.25) is 0 Å². The molecule has 1 aliphatic rings. The molecule has 0 aliphatic heterocycles. The fourth-order valence-electron chi connectivity index (χ4n) is 6.17. The summed E-state index contributed by atoms with van der Waals surface area (Å²) in [5.41, 5.74) is 0. The summed E-state index contributed by atoms with van der Waals surface area (Å²) in [5, 5.41) is 49.8. The van der Waals surface area contributed by atoms with Gasteiger partial charge >= 0.3 is 19.8 Å². The number of hydrogen-bond donors (Lipinski definition) is 6. The number of phosphoric ester groups is 1. The lowest BCUT2D eigenvalue weighted by molar-refractivity contribution is -0.220. The highest BCUT2D eigenvalue weighted by atomic mass is 31.2. The van der Waals surface area contributed by atoms with E-state index in [1.165, 1.54) is 77.0 Å². The zero-order valence-electron chi connectivity index (χ0n) is 31.4. The molecule has 51 heavy (non-hydrogen) atoms. The first kappa shape index (κ1) is 47.9. The standard InChI is InChI=1S/C37H71O13P/c1-3-5-7-9-11-12-13-14-15-16-17-18-20-22-24-26-31(39)49-29(27-47-30(38)25-23-21-19-10-8-6-4-2)28-48-51(45,46)50-37-35(43)33(41)32(40)34(42)36(37)44/h29,32-37,40-44H,3-28H2,1-2H3,(H,45,46). The normalized spacial score (nSPS) is 23.8. The third kappa shape index (κ3) is 22.6. The van der Waals surface area contributed by atoms with Crippen molar-refractivity contribution in [3.63, 3.8) is 0 Å². The number of rotatable bonds is 32. The average Bonchev–Trinajstić information content (AvgIpc) is 3.10. The highest BCUT2D eigenvalue weighted by molar-refractivity contribution is 7.47. The Hall–Kier alpha value is -1.15. The largest absolute Gasteiger partial charge is 0.472 e. The van der Waals surface area contributed by atoms with Crippen LogP contribution in [0.4, 0.5) is 0 Å². The van der Waals surface area contributed by atoms with Crippen LogP contribution in [0.3, 0.4) is 0 Å². The third-order valence-corrected chi connectivity index (χ3v) is 10.4. The summed E-state index contributed by atoms with van der Waals surface area (Å²) in [6, 6.07) is 0. The van der Waals surface area contributed by atoms with Gasteiger partial charge in [0.1, 0.15) is 43.2 Å². The lowest BCUT2D eigenvalue weighted by atomic mass is 9.85. The predicted octanol–water partition coefficient (Wildman–Crippen LogP) is 6.16. The minimum Gasteiger partial charge on any atom is -0.462 e. The van der Waals surface area contributed by atoms with E-state index in [1.54, 1.807) is 0 Å². The van der Waals surface area contributed by atoms with Gasteiger partial charge < -0.3 is 39.9 Å². The van der Waals surface area contributed by atoms with Gasteiger partial charge in [0, 0.05) is 12.8 Å². The quantitative estimate of drug-likeness (QED) is 0.0258. The molecule has 0 aromatic carbocycles. The second kappa shape index (κ2) is 29.2. The zero-order chi connectivity index (χ0) is 37.9. The summed E-state index contributed by atoms with van der Waals surface area (Å²) < 4.78 is 33.2. The number of aliphatic hydroxyl groups excluding tert-OH is 5. The zero-order valence-corrected chi connectivity index (χ0v) is 32.3. The number of ether oxygens (including phenoxy) is 2. The number of carbonyl (C=O) groups excluding carboxylic acids is 2. The lowest BCUT2D eigenvalue weighted by Gasteiger charge is -2.41. The van der Waals surface area contributed by atoms with Gasteiger partial charge in [-0.25, -0.2) is 4.57 Å². The Morgan fingerprint density at radius 2 is 0.882 bits per heavy atom. The van der Waals surface area contributed by atoms with Crippen LogP contribution in [0.1, 0.15) is 168 Å². The van der Waals surface area contributed by atoms with Crippen LogP contribution in [0, 0.1) is 0 Å². The third-order valence-electron chi connectivity index (χ3n) is 9.45. The fourth-order valence-corrected chi connectivity index (χ4v) is 7.14. The molecule has 6 N–H and O–H groups in total. The summed E-state index contributed by atoms with van der Waals surface area (Å²) in [7, 11) is -5.10. The first-order valence-corrected chi connectivity index (χ1v) is 21.3. The van der Waals surface area contributed by atoms with Crippen molar-refractivity contribution in [2.75, 3.05) is 13.2 Å². The Balaban J connectivity index is 2.49. The second-order valence-corrected chi connectivity index (χ2v) is 15.6. The van der Waals surface area contributed by atoms with Crippen molar-refractivity contribution in [2.24, 2.45) is 0 Å². The van der Waals surface area contributed by atoms with Crippen LogP contribution in [-0.4, -0.2) is 98.3 Å². The van der Waals surface area contributed by atoms with Gasteiger partial charge in [0.15, 0.2) is 6.10 Å². The molecular formula is C37H71O13P. The highest BCUT2D eigenvalue weighted by Gasteiger charge is 2.51. The molecule has 1 fully saturated rings. The molecule has 0 heterocycles. The van der Waals surface area contributed by atoms with Crippen molar-refractivity contribution in [2.45, 2.75) is 211 Å². The smallest absolute Gasteiger partial charge is 0.462 e. The fraction of sp³-hybridized carbons (Fsp3) is 0.946. The molecule has 0 spiro atoms. The summed E-state index contributed by atoms with van der Waals surface area (Å²) in [5.74, 6) is -1.10. The summed E-state index contributed by atoms with van der Waals surface area (Å²) in [4.78, 5) is 35.3. The Labute approximate surface area is 306 Å². The molecule has 0 bridgehead atoms. The van der Waals surface area contributed by atoms with Crippen LogP contribution in [0.5, 0.6) is 0 Å². The van der Waals surface area contributed by atoms with Crippen molar-refractivity contribution >= 4 is 19.8 Å². The molecule has 0 aromatic heterocycles. The molecule has 0 saturated heterocycles. The van der Waals surface area contributed by atoms with Crippen LogP contribution in [-0.2, 0) is 32.7 Å². The van der Waals surface area contributed by atoms with Gasteiger partial charge in [-0.3, -0.25) is 18.6 Å². The molecule has 14 heteroatoms. The Bertz CT molecular complexity index is 922. The summed E-state index contributed by atoms with van der Waals surface area (Å²) in [6.07, 6.45) is 12.0. The SMILES string of the molecule is CCCCCCCCCCCCCCCCCC(=O)OC(COC(=O)CCCCCCCCC)COP(=O)(O)OC1C(O)C(O)C(O)C(O)C1O. The molecule has 0 radical (unpaired) electrons. The number of phosphoric acid groups is 1. The highest BCUT2D eigenvalue weighted by Crippen LogP contribution is 2.47. The van der Waals surface area contributed by atoms with E-state index in [1.807, 2.05) is 0 Å². The topological polar surface area (TPSA) is 210 Å². The molecule has 1 rings (SSSR count). The molecule has 302 valence electrons. The number of esters is 2. The summed E-state index contributed by atoms with van der Waals surface area (Å²) in [6.45, 7) is 3.22. The van der Waals surface area contributed by atoms with Crippen LogP contribution in [0.15, 0.2) is 0 Å². The van der Waals surface area contributed by atoms with Crippen molar-refractivity contribution in [1.29, 1.82) is 0 Å². The van der Waals surface area contributed by atoms with Gasteiger partial charge in [-0.1, -0.05) is 142 Å². The average molecular weight is 755 g/mol. The molecule has 0 aromatic rings. The number of hydrogen-bond acceptors (Lipinski definition) is 12. The van der Waals surface area contributed by atoms with E-state index >= 15 is 0 Å². The molecule has 1 aliphatic carbocycles. The number of carbonyl (C=O) groups is 2. The molecule has 13 nitrogen and oxygen atoms in total. The van der Waals surface area contributed by atoms with E-state index in [4.69, 9.17) is 18.5 Å². The molecule has 6 atom stereocenters. The number of unbranched alkanes of at least 4 members (excludes halogenated alkanes) is 20. The van der Waals surface area contributed by atoms with Crippen molar-refractivity contribution < 1.29 is 63.1 Å². The van der Waals surface area contributed by atoms with Gasteiger partial charge in [-0.2, -0.15) is 0 Å². The lowest BCUT2D eigenvalue weighted by Crippen LogP contribution is -2.64. The van der Waals surface area contributed by atoms with Crippen molar-refractivity contribution in [3.05, 3.63) is 0 Å². The second-order valence-electron chi connectivity index (χ2n) is 14.2. The molecule has 0 amide bonds. The first-order valence-electron chi connectivity index (χ1n) is 19.8. The van der Waals surface area contributed by atoms with Crippen LogP contribution >= 0.6 is 7.82 Å². The van der Waals surface area contributed by atoms with Gasteiger partial charge in [-0.05, 0) is 12.8 Å².